The molecule has 0 aliphatic carbocycles. The lowest BCUT2D eigenvalue weighted by Gasteiger charge is -2.14. The number of ether oxygens (including phenoxy) is 2. The van der Waals surface area contributed by atoms with Gasteiger partial charge in [0.2, 0.25) is 0 Å². The average molecular weight is 495 g/mol. The second-order valence-electron chi connectivity index (χ2n) is 6.09. The van der Waals surface area contributed by atoms with Crippen LogP contribution in [0.4, 0.5) is 9.18 Å². The molecule has 0 aromatic heterocycles. The summed E-state index contributed by atoms with van der Waals surface area (Å²) in [4.78, 5) is 36.9. The standard InChI is InChI=1S/C20H15BrFNO6S/c1-28-15-7-12(6-14(21)18(15)29-10-17(24)25)8-16-19(26)23(20(27)30-16)9-11-2-4-13(22)5-3-11/h2-8H,9-10H2,1H3,(H,24,25)/p-1/b16-8+. The number of rotatable bonds is 7. The maximum absolute atomic E-state index is 13.1. The maximum atomic E-state index is 13.1. The minimum Gasteiger partial charge on any atom is -0.546 e. The van der Waals surface area contributed by atoms with Gasteiger partial charge in [-0.2, -0.15) is 0 Å². The molecule has 1 aliphatic heterocycles. The first-order valence-corrected chi connectivity index (χ1v) is 10.1. The van der Waals surface area contributed by atoms with E-state index in [0.29, 0.717) is 15.6 Å². The van der Waals surface area contributed by atoms with Crippen LogP contribution in [0.5, 0.6) is 11.5 Å². The molecule has 2 amide bonds. The Hall–Kier alpha value is -2.85. The van der Waals surface area contributed by atoms with E-state index >= 15 is 0 Å². The number of methoxy groups -OCH3 is 1. The molecule has 3 rings (SSSR count). The van der Waals surface area contributed by atoms with Crippen LogP contribution in [0, 0.1) is 5.82 Å². The van der Waals surface area contributed by atoms with Crippen molar-refractivity contribution in [3.8, 4) is 11.5 Å². The number of amides is 2. The number of carbonyl (C=O) groups excluding carboxylic acids is 3. The summed E-state index contributed by atoms with van der Waals surface area (Å²) in [5, 5.41) is 10.2. The SMILES string of the molecule is COc1cc(/C=C2/SC(=O)N(Cc3ccc(F)cc3)C2=O)cc(Br)c1OCC(=O)[O-]. The van der Waals surface area contributed by atoms with Crippen LogP contribution >= 0.6 is 27.7 Å². The Morgan fingerprint density at radius 3 is 2.60 bits per heavy atom. The van der Waals surface area contributed by atoms with Crippen LogP contribution in [0.2, 0.25) is 0 Å². The Kier molecular flexibility index (Phi) is 6.78. The number of carbonyl (C=O) groups is 3. The summed E-state index contributed by atoms with van der Waals surface area (Å²) in [5.41, 5.74) is 1.16. The Balaban J connectivity index is 1.83. The highest BCUT2D eigenvalue weighted by atomic mass is 79.9. The van der Waals surface area contributed by atoms with Gasteiger partial charge in [0, 0.05) is 0 Å². The molecule has 1 aliphatic rings. The first-order valence-electron chi connectivity index (χ1n) is 8.48. The Morgan fingerprint density at radius 2 is 1.97 bits per heavy atom. The van der Waals surface area contributed by atoms with E-state index in [1.807, 2.05) is 0 Å². The number of imide groups is 1. The van der Waals surface area contributed by atoms with Gasteiger partial charge in [-0.1, -0.05) is 12.1 Å². The number of benzene rings is 2. The number of hydrogen-bond donors (Lipinski definition) is 0. The Bertz CT molecular complexity index is 1040. The monoisotopic (exact) mass is 494 g/mol. The van der Waals surface area contributed by atoms with Crippen molar-refractivity contribution in [2.24, 2.45) is 0 Å². The molecular formula is C20H14BrFNO6S-. The molecule has 0 N–H and O–H groups in total. The molecule has 0 atom stereocenters. The first-order chi connectivity index (χ1) is 14.3. The molecule has 30 heavy (non-hydrogen) atoms. The third kappa shape index (κ3) is 5.00. The van der Waals surface area contributed by atoms with Gasteiger partial charge in [-0.05, 0) is 69.2 Å². The summed E-state index contributed by atoms with van der Waals surface area (Å²) < 4.78 is 23.8. The van der Waals surface area contributed by atoms with Gasteiger partial charge < -0.3 is 19.4 Å². The van der Waals surface area contributed by atoms with Gasteiger partial charge >= 0.3 is 0 Å². The normalized spacial score (nSPS) is 15.0. The van der Waals surface area contributed by atoms with Crippen LogP contribution < -0.4 is 14.6 Å². The van der Waals surface area contributed by atoms with Gasteiger partial charge in [0.25, 0.3) is 11.1 Å². The molecule has 1 heterocycles. The Labute approximate surface area is 183 Å². The number of carboxylic acid groups (broad SMARTS) is 1. The smallest absolute Gasteiger partial charge is 0.293 e. The topological polar surface area (TPSA) is 96.0 Å². The van der Waals surface area contributed by atoms with Crippen molar-refractivity contribution in [2.45, 2.75) is 6.54 Å². The van der Waals surface area contributed by atoms with Crippen LogP contribution in [0.1, 0.15) is 11.1 Å². The molecule has 2 aromatic carbocycles. The summed E-state index contributed by atoms with van der Waals surface area (Å²) in [5.74, 6) is -1.85. The maximum Gasteiger partial charge on any atom is 0.293 e. The molecule has 7 nitrogen and oxygen atoms in total. The highest BCUT2D eigenvalue weighted by molar-refractivity contribution is 9.10. The minimum atomic E-state index is -1.39. The van der Waals surface area contributed by atoms with E-state index < -0.39 is 29.5 Å². The summed E-state index contributed by atoms with van der Waals surface area (Å²) in [6, 6.07) is 8.69. The second-order valence-corrected chi connectivity index (χ2v) is 7.94. The molecule has 1 fully saturated rings. The molecule has 156 valence electrons. The van der Waals surface area contributed by atoms with Gasteiger partial charge in [-0.3, -0.25) is 14.5 Å². The van der Waals surface area contributed by atoms with Crippen molar-refractivity contribution >= 4 is 50.9 Å². The highest BCUT2D eigenvalue weighted by Gasteiger charge is 2.35. The molecule has 0 unspecified atom stereocenters. The first kappa shape index (κ1) is 21.8. The predicted octanol–water partition coefficient (Wildman–Crippen LogP) is 2.96. The average Bonchev–Trinajstić information content (AvgIpc) is 2.95. The zero-order valence-corrected chi connectivity index (χ0v) is 17.9. The fourth-order valence-electron chi connectivity index (χ4n) is 2.65. The highest BCUT2D eigenvalue weighted by Crippen LogP contribution is 2.39. The third-order valence-corrected chi connectivity index (χ3v) is 5.51. The van der Waals surface area contributed by atoms with E-state index in [4.69, 9.17) is 9.47 Å². The molecule has 1 saturated heterocycles. The zero-order chi connectivity index (χ0) is 21.8. The minimum absolute atomic E-state index is 0.0330. The van der Waals surface area contributed by atoms with E-state index in [0.717, 1.165) is 16.7 Å². The van der Waals surface area contributed by atoms with Crippen LogP contribution in [0.3, 0.4) is 0 Å². The molecule has 10 heteroatoms. The lowest BCUT2D eigenvalue weighted by atomic mass is 10.1. The van der Waals surface area contributed by atoms with Crippen LogP contribution in [0.25, 0.3) is 6.08 Å². The number of thioether (sulfide) groups is 1. The van der Waals surface area contributed by atoms with Crippen molar-refractivity contribution in [3.63, 3.8) is 0 Å². The molecule has 2 aromatic rings. The predicted molar refractivity (Wildman–Crippen MR) is 109 cm³/mol. The van der Waals surface area contributed by atoms with Gasteiger partial charge in [-0.25, -0.2) is 4.39 Å². The van der Waals surface area contributed by atoms with Crippen molar-refractivity contribution in [1.29, 1.82) is 0 Å². The van der Waals surface area contributed by atoms with Gasteiger partial charge in [0.05, 0.1) is 29.0 Å². The van der Waals surface area contributed by atoms with Gasteiger partial charge in [-0.15, -0.1) is 0 Å². The second kappa shape index (κ2) is 9.31. The summed E-state index contributed by atoms with van der Waals surface area (Å²) in [6.07, 6.45) is 1.52. The van der Waals surface area contributed by atoms with Gasteiger partial charge in [0.1, 0.15) is 12.4 Å². The molecule has 0 radical (unpaired) electrons. The number of aliphatic carboxylic acids is 1. The van der Waals surface area contributed by atoms with Crippen LogP contribution in [-0.4, -0.2) is 35.7 Å². The quantitative estimate of drug-likeness (QED) is 0.545. The van der Waals surface area contributed by atoms with Crippen molar-refractivity contribution in [1.82, 2.24) is 4.90 Å². The van der Waals surface area contributed by atoms with Gasteiger partial charge in [0.15, 0.2) is 11.5 Å². The van der Waals surface area contributed by atoms with E-state index in [1.165, 1.54) is 37.5 Å². The lowest BCUT2D eigenvalue weighted by molar-refractivity contribution is -0.307. The summed E-state index contributed by atoms with van der Waals surface area (Å²) >= 11 is 4.07. The number of hydrogen-bond acceptors (Lipinski definition) is 7. The van der Waals surface area contributed by atoms with E-state index in [-0.39, 0.29) is 22.9 Å². The van der Waals surface area contributed by atoms with E-state index in [2.05, 4.69) is 15.9 Å². The number of halogens is 2. The van der Waals surface area contributed by atoms with Crippen LogP contribution in [-0.2, 0) is 16.1 Å². The van der Waals surface area contributed by atoms with Crippen molar-refractivity contribution in [3.05, 3.63) is 62.7 Å². The number of nitrogens with zero attached hydrogens (tertiary/aromatic N) is 1. The van der Waals surface area contributed by atoms with Crippen molar-refractivity contribution < 1.29 is 33.4 Å². The molecule has 0 bridgehead atoms. The molecular weight excluding hydrogens is 481 g/mol. The molecule has 0 spiro atoms. The van der Waals surface area contributed by atoms with Crippen molar-refractivity contribution in [2.75, 3.05) is 13.7 Å². The fourth-order valence-corrected chi connectivity index (χ4v) is 4.07. The van der Waals surface area contributed by atoms with E-state index in [1.54, 1.807) is 12.1 Å². The number of carboxylic acids is 1. The summed E-state index contributed by atoms with van der Waals surface area (Å²) in [7, 11) is 1.38. The zero-order valence-electron chi connectivity index (χ0n) is 15.5. The van der Waals surface area contributed by atoms with E-state index in [9.17, 15) is 23.9 Å². The Morgan fingerprint density at radius 1 is 1.27 bits per heavy atom. The largest absolute Gasteiger partial charge is 0.546 e. The molecule has 0 saturated carbocycles. The summed E-state index contributed by atoms with van der Waals surface area (Å²) in [6.45, 7) is -0.623. The van der Waals surface area contributed by atoms with Crippen LogP contribution in [0.15, 0.2) is 45.8 Å². The lowest BCUT2D eigenvalue weighted by Crippen LogP contribution is -2.29. The third-order valence-electron chi connectivity index (χ3n) is 4.01. The fraction of sp³-hybridized carbons (Fsp3) is 0.150.